The Morgan fingerprint density at radius 1 is 1.50 bits per heavy atom. The Kier molecular flexibility index (Phi) is 0.742. The maximum Gasteiger partial charge on any atom is 0.151 e. The Labute approximate surface area is 48.3 Å². The summed E-state index contributed by atoms with van der Waals surface area (Å²) in [7, 11) is 0. The van der Waals surface area contributed by atoms with E-state index in [-0.39, 0.29) is 6.04 Å². The van der Waals surface area contributed by atoms with Crippen molar-refractivity contribution in [1.82, 2.24) is 5.32 Å². The molecule has 0 aromatic rings. The van der Waals surface area contributed by atoms with E-state index in [0.29, 0.717) is 11.8 Å². The molecule has 0 saturated carbocycles. The van der Waals surface area contributed by atoms with E-state index in [1.807, 2.05) is 0 Å². The zero-order valence-corrected chi connectivity index (χ0v) is 4.68. The van der Waals surface area contributed by atoms with Crippen molar-refractivity contribution in [2.45, 2.75) is 31.3 Å². The maximum absolute atomic E-state index is 10.8. The fourth-order valence-electron chi connectivity index (χ4n) is 1.62. The lowest BCUT2D eigenvalue weighted by molar-refractivity contribution is -0.119. The van der Waals surface area contributed by atoms with E-state index < -0.39 is 0 Å². The summed E-state index contributed by atoms with van der Waals surface area (Å²) in [4.78, 5) is 10.8. The minimum atomic E-state index is 0.250. The van der Waals surface area contributed by atoms with Crippen LogP contribution in [0, 0.1) is 0 Å². The Morgan fingerprint density at radius 2 is 2.38 bits per heavy atom. The molecule has 2 bridgehead atoms. The zero-order valence-electron chi connectivity index (χ0n) is 4.68. The molecule has 8 heavy (non-hydrogen) atoms. The van der Waals surface area contributed by atoms with Gasteiger partial charge in [-0.25, -0.2) is 0 Å². The van der Waals surface area contributed by atoms with Gasteiger partial charge in [0.2, 0.25) is 0 Å². The van der Waals surface area contributed by atoms with E-state index in [1.165, 1.54) is 6.42 Å². The van der Waals surface area contributed by atoms with Gasteiger partial charge in [-0.2, -0.15) is 0 Å². The molecule has 2 nitrogen and oxygen atoms in total. The van der Waals surface area contributed by atoms with E-state index in [4.69, 9.17) is 0 Å². The van der Waals surface area contributed by atoms with Crippen molar-refractivity contribution in [1.29, 1.82) is 0 Å². The monoisotopic (exact) mass is 111 g/mol. The second-order valence-corrected chi connectivity index (χ2v) is 2.66. The second kappa shape index (κ2) is 1.32. The predicted octanol–water partition coefficient (Wildman–Crippen LogP) is 0.0798. The van der Waals surface area contributed by atoms with E-state index in [9.17, 15) is 4.79 Å². The molecule has 2 saturated heterocycles. The van der Waals surface area contributed by atoms with Crippen molar-refractivity contribution in [2.24, 2.45) is 0 Å². The summed E-state index contributed by atoms with van der Waals surface area (Å²) in [5, 5.41) is 3.23. The normalized spacial score (nSPS) is 43.8. The SMILES string of the molecule is O=C1CC2CCC1N2. The first kappa shape index (κ1) is 4.50. The molecule has 2 fully saturated rings. The average molecular weight is 111 g/mol. The third-order valence-electron chi connectivity index (χ3n) is 2.08. The lowest BCUT2D eigenvalue weighted by Gasteiger charge is -2.02. The molecule has 2 unspecified atom stereocenters. The number of hydrogen-bond donors (Lipinski definition) is 1. The minimum Gasteiger partial charge on any atom is -0.304 e. The number of hydrogen-bond acceptors (Lipinski definition) is 2. The first-order valence-electron chi connectivity index (χ1n) is 3.15. The smallest absolute Gasteiger partial charge is 0.151 e. The van der Waals surface area contributed by atoms with Crippen LogP contribution >= 0.6 is 0 Å². The van der Waals surface area contributed by atoms with Crippen molar-refractivity contribution in [3.05, 3.63) is 0 Å². The topological polar surface area (TPSA) is 29.1 Å². The lowest BCUT2D eigenvalue weighted by atomic mass is 10.00. The highest BCUT2D eigenvalue weighted by Crippen LogP contribution is 2.24. The van der Waals surface area contributed by atoms with Gasteiger partial charge < -0.3 is 5.32 Å². The van der Waals surface area contributed by atoms with E-state index in [1.54, 1.807) is 0 Å². The molecule has 1 N–H and O–H groups in total. The van der Waals surface area contributed by atoms with Gasteiger partial charge in [-0.1, -0.05) is 0 Å². The van der Waals surface area contributed by atoms with Gasteiger partial charge >= 0.3 is 0 Å². The van der Waals surface area contributed by atoms with Gasteiger partial charge in [0.25, 0.3) is 0 Å². The van der Waals surface area contributed by atoms with Gasteiger partial charge in [0.05, 0.1) is 6.04 Å². The first-order chi connectivity index (χ1) is 3.86. The van der Waals surface area contributed by atoms with Crippen molar-refractivity contribution >= 4 is 5.78 Å². The van der Waals surface area contributed by atoms with Gasteiger partial charge in [-0.3, -0.25) is 4.79 Å². The van der Waals surface area contributed by atoms with Crippen LogP contribution in [0.1, 0.15) is 19.3 Å². The summed E-state index contributed by atoms with van der Waals surface area (Å²) in [6.45, 7) is 0. The Bertz CT molecular complexity index is 132. The van der Waals surface area contributed by atoms with Gasteiger partial charge in [0.1, 0.15) is 0 Å². The fraction of sp³-hybridized carbons (Fsp3) is 0.833. The predicted molar refractivity (Wildman–Crippen MR) is 29.6 cm³/mol. The molecule has 0 aromatic heterocycles. The second-order valence-electron chi connectivity index (χ2n) is 2.66. The fourth-order valence-corrected chi connectivity index (χ4v) is 1.62. The average Bonchev–Trinajstić information content (AvgIpc) is 2.23. The molecule has 2 aliphatic rings. The molecule has 2 heterocycles. The molecule has 2 heteroatoms. The number of carbonyl (C=O) groups is 1. The standard InChI is InChI=1S/C6H9NO/c8-6-3-4-1-2-5(6)7-4/h4-5,7H,1-3H2. The molecule has 0 radical (unpaired) electrons. The molecule has 0 aromatic carbocycles. The summed E-state index contributed by atoms with van der Waals surface area (Å²) >= 11 is 0. The number of Topliss-reactive ketones (excluding diaryl/α,β-unsaturated/α-hetero) is 1. The molecule has 2 atom stereocenters. The van der Waals surface area contributed by atoms with Crippen LogP contribution in [-0.2, 0) is 4.79 Å². The van der Waals surface area contributed by atoms with E-state index >= 15 is 0 Å². The summed E-state index contributed by atoms with van der Waals surface area (Å²) in [5.41, 5.74) is 0. The van der Waals surface area contributed by atoms with Crippen molar-refractivity contribution in [3.8, 4) is 0 Å². The van der Waals surface area contributed by atoms with Crippen LogP contribution in [0.25, 0.3) is 0 Å². The van der Waals surface area contributed by atoms with Crippen LogP contribution in [0.15, 0.2) is 0 Å². The molecule has 2 rings (SSSR count). The largest absolute Gasteiger partial charge is 0.304 e. The third-order valence-corrected chi connectivity index (χ3v) is 2.08. The number of nitrogens with one attached hydrogen (secondary N) is 1. The van der Waals surface area contributed by atoms with Crippen LogP contribution in [0.3, 0.4) is 0 Å². The zero-order chi connectivity index (χ0) is 5.56. The maximum atomic E-state index is 10.8. The molecule has 2 aliphatic heterocycles. The van der Waals surface area contributed by atoms with Gasteiger partial charge in [0.15, 0.2) is 5.78 Å². The van der Waals surface area contributed by atoms with Crippen molar-refractivity contribution in [3.63, 3.8) is 0 Å². The number of rotatable bonds is 0. The summed E-state index contributed by atoms with van der Waals surface area (Å²) in [6, 6.07) is 0.799. The third kappa shape index (κ3) is 0.436. The summed E-state index contributed by atoms with van der Waals surface area (Å²) in [5.74, 6) is 0.432. The van der Waals surface area contributed by atoms with Crippen LogP contribution in [0.2, 0.25) is 0 Å². The van der Waals surface area contributed by atoms with Crippen LogP contribution in [-0.4, -0.2) is 17.9 Å². The van der Waals surface area contributed by atoms with Crippen LogP contribution in [0.5, 0.6) is 0 Å². The molecular weight excluding hydrogens is 102 g/mol. The van der Waals surface area contributed by atoms with Gasteiger partial charge in [0, 0.05) is 12.5 Å². The number of carbonyl (C=O) groups excluding carboxylic acids is 1. The quantitative estimate of drug-likeness (QED) is 0.479. The number of ketones is 1. The van der Waals surface area contributed by atoms with E-state index in [0.717, 1.165) is 12.8 Å². The molecule has 44 valence electrons. The van der Waals surface area contributed by atoms with Crippen molar-refractivity contribution in [2.75, 3.05) is 0 Å². The lowest BCUT2D eigenvalue weighted by Crippen LogP contribution is -2.22. The highest BCUT2D eigenvalue weighted by molar-refractivity contribution is 5.87. The van der Waals surface area contributed by atoms with E-state index in [2.05, 4.69) is 5.32 Å². The summed E-state index contributed by atoms with van der Waals surface area (Å²) < 4.78 is 0. The van der Waals surface area contributed by atoms with Gasteiger partial charge in [-0.15, -0.1) is 0 Å². The first-order valence-corrected chi connectivity index (χ1v) is 3.15. The summed E-state index contributed by atoms with van der Waals surface area (Å²) in [6.07, 6.45) is 3.10. The highest BCUT2D eigenvalue weighted by Gasteiger charge is 2.37. The Hall–Kier alpha value is -0.370. The Morgan fingerprint density at radius 3 is 2.62 bits per heavy atom. The molecule has 0 aliphatic carbocycles. The molecule has 0 amide bonds. The number of fused-ring (bicyclic) bond motifs is 2. The Balaban J connectivity index is 2.22. The highest BCUT2D eigenvalue weighted by atomic mass is 16.1. The van der Waals surface area contributed by atoms with Crippen molar-refractivity contribution < 1.29 is 4.79 Å². The van der Waals surface area contributed by atoms with Gasteiger partial charge in [-0.05, 0) is 12.8 Å². The van der Waals surface area contributed by atoms with Crippen LogP contribution in [0.4, 0.5) is 0 Å². The molecular formula is C6H9NO. The van der Waals surface area contributed by atoms with Crippen LogP contribution < -0.4 is 5.32 Å². The minimum absolute atomic E-state index is 0.250. The molecule has 0 spiro atoms.